The lowest BCUT2D eigenvalue weighted by atomic mass is 9.87. The summed E-state index contributed by atoms with van der Waals surface area (Å²) in [5.41, 5.74) is 0.691. The monoisotopic (exact) mass is 300 g/mol. The number of halogens is 1. The van der Waals surface area contributed by atoms with E-state index in [1.54, 1.807) is 0 Å². The van der Waals surface area contributed by atoms with Crippen LogP contribution >= 0.6 is 12.4 Å². The average molecular weight is 301 g/mol. The van der Waals surface area contributed by atoms with Crippen molar-refractivity contribution in [3.63, 3.8) is 0 Å². The molecule has 4 nitrogen and oxygen atoms in total. The largest absolute Gasteiger partial charge is 0.381 e. The lowest BCUT2D eigenvalue weighted by Crippen LogP contribution is -2.36. The van der Waals surface area contributed by atoms with E-state index in [4.69, 9.17) is 4.74 Å². The van der Waals surface area contributed by atoms with Crippen LogP contribution in [0.15, 0.2) is 0 Å². The van der Waals surface area contributed by atoms with Gasteiger partial charge in [-0.15, -0.1) is 12.4 Å². The molecule has 0 aromatic heterocycles. The number of ether oxygens (including phenoxy) is 1. The second-order valence-electron chi connectivity index (χ2n) is 7.18. The van der Waals surface area contributed by atoms with Crippen molar-refractivity contribution in [2.75, 3.05) is 39.4 Å². The van der Waals surface area contributed by atoms with Crippen LogP contribution in [0, 0.1) is 16.7 Å². The molecular formula is C15H25ClN2O2. The van der Waals surface area contributed by atoms with E-state index in [2.05, 4.69) is 10.2 Å². The number of piperidine rings is 1. The normalized spacial score (nSPS) is 38.2. The van der Waals surface area contributed by atoms with Crippen molar-refractivity contribution < 1.29 is 9.53 Å². The quantitative estimate of drug-likeness (QED) is 0.797. The Morgan fingerprint density at radius 1 is 1.20 bits per heavy atom. The first kappa shape index (κ1) is 14.6. The zero-order valence-corrected chi connectivity index (χ0v) is 12.8. The van der Waals surface area contributed by atoms with Crippen molar-refractivity contribution in [2.45, 2.75) is 32.1 Å². The number of rotatable bonds is 1. The summed E-state index contributed by atoms with van der Waals surface area (Å²) >= 11 is 0. The predicted octanol–water partition coefficient (Wildman–Crippen LogP) is 1.44. The summed E-state index contributed by atoms with van der Waals surface area (Å²) in [6, 6.07) is 0. The molecule has 5 heteroatoms. The van der Waals surface area contributed by atoms with E-state index < -0.39 is 0 Å². The topological polar surface area (TPSA) is 41.6 Å². The van der Waals surface area contributed by atoms with Gasteiger partial charge in [0.2, 0.25) is 5.91 Å². The standard InChI is InChI=1S/C15H24N2O2.ClH/c18-13(12-9-15(12)1-5-16-6-2-15)17-7-3-14(10-17)4-8-19-11-14;/h12,16H,1-11H2;1H. The van der Waals surface area contributed by atoms with Crippen LogP contribution in [-0.4, -0.2) is 50.2 Å². The zero-order chi connectivity index (χ0) is 12.9. The summed E-state index contributed by atoms with van der Waals surface area (Å²) in [5.74, 6) is 0.790. The summed E-state index contributed by atoms with van der Waals surface area (Å²) < 4.78 is 5.55. The first-order chi connectivity index (χ1) is 9.23. The van der Waals surface area contributed by atoms with Gasteiger partial charge in [0.1, 0.15) is 0 Å². The Labute approximate surface area is 127 Å². The van der Waals surface area contributed by atoms with Crippen molar-refractivity contribution in [2.24, 2.45) is 16.7 Å². The molecule has 1 saturated carbocycles. The molecule has 1 amide bonds. The van der Waals surface area contributed by atoms with Crippen LogP contribution in [0.25, 0.3) is 0 Å². The zero-order valence-electron chi connectivity index (χ0n) is 12.0. The summed E-state index contributed by atoms with van der Waals surface area (Å²) in [6.07, 6.45) is 5.85. The molecule has 3 aliphatic heterocycles. The number of hydrogen-bond donors (Lipinski definition) is 1. The summed E-state index contributed by atoms with van der Waals surface area (Å²) in [4.78, 5) is 14.8. The maximum Gasteiger partial charge on any atom is 0.226 e. The van der Waals surface area contributed by atoms with Crippen LogP contribution in [0.5, 0.6) is 0 Å². The molecule has 3 heterocycles. The van der Waals surface area contributed by atoms with Crippen LogP contribution in [0.4, 0.5) is 0 Å². The van der Waals surface area contributed by atoms with Crippen LogP contribution in [0.3, 0.4) is 0 Å². The Bertz CT molecular complexity index is 389. The highest BCUT2D eigenvalue weighted by atomic mass is 35.5. The molecule has 2 atom stereocenters. The fourth-order valence-electron chi connectivity index (χ4n) is 4.49. The summed E-state index contributed by atoms with van der Waals surface area (Å²) in [5, 5.41) is 3.41. The second-order valence-corrected chi connectivity index (χ2v) is 7.18. The van der Waals surface area contributed by atoms with E-state index in [1.807, 2.05) is 0 Å². The van der Waals surface area contributed by atoms with Crippen molar-refractivity contribution in [3.8, 4) is 0 Å². The van der Waals surface area contributed by atoms with E-state index in [9.17, 15) is 4.79 Å². The molecule has 0 aromatic carbocycles. The molecule has 0 aromatic rings. The predicted molar refractivity (Wildman–Crippen MR) is 79.0 cm³/mol. The highest BCUT2D eigenvalue weighted by Gasteiger charge is 2.59. The molecule has 2 unspecified atom stereocenters. The van der Waals surface area contributed by atoms with E-state index >= 15 is 0 Å². The fourth-order valence-corrected chi connectivity index (χ4v) is 4.49. The Morgan fingerprint density at radius 3 is 2.70 bits per heavy atom. The summed E-state index contributed by atoms with van der Waals surface area (Å²) in [7, 11) is 0. The number of carbonyl (C=O) groups is 1. The van der Waals surface area contributed by atoms with E-state index in [1.165, 1.54) is 12.8 Å². The van der Waals surface area contributed by atoms with Gasteiger partial charge in [-0.25, -0.2) is 0 Å². The van der Waals surface area contributed by atoms with Gasteiger partial charge in [-0.05, 0) is 50.6 Å². The number of hydrogen-bond acceptors (Lipinski definition) is 3. The van der Waals surface area contributed by atoms with Gasteiger partial charge >= 0.3 is 0 Å². The van der Waals surface area contributed by atoms with Crippen molar-refractivity contribution in [3.05, 3.63) is 0 Å². The van der Waals surface area contributed by atoms with Gasteiger partial charge in [-0.1, -0.05) is 0 Å². The summed E-state index contributed by atoms with van der Waals surface area (Å²) in [6.45, 7) is 5.88. The highest BCUT2D eigenvalue weighted by molar-refractivity contribution is 5.85. The third-order valence-corrected chi connectivity index (χ3v) is 6.02. The van der Waals surface area contributed by atoms with Gasteiger partial charge in [0.15, 0.2) is 0 Å². The molecule has 2 spiro atoms. The van der Waals surface area contributed by atoms with Crippen molar-refractivity contribution >= 4 is 18.3 Å². The maximum absolute atomic E-state index is 12.7. The molecule has 114 valence electrons. The Kier molecular flexibility index (Phi) is 3.76. The number of nitrogens with one attached hydrogen (secondary N) is 1. The Hall–Kier alpha value is -0.320. The first-order valence-electron chi connectivity index (χ1n) is 7.81. The van der Waals surface area contributed by atoms with Crippen LogP contribution in [0.2, 0.25) is 0 Å². The van der Waals surface area contributed by atoms with Crippen molar-refractivity contribution in [1.82, 2.24) is 10.2 Å². The smallest absolute Gasteiger partial charge is 0.226 e. The van der Waals surface area contributed by atoms with E-state index in [0.29, 0.717) is 22.7 Å². The lowest BCUT2D eigenvalue weighted by molar-refractivity contribution is -0.133. The fraction of sp³-hybridized carbons (Fsp3) is 0.933. The number of likely N-dealkylation sites (tertiary alicyclic amines) is 1. The maximum atomic E-state index is 12.7. The van der Waals surface area contributed by atoms with Gasteiger partial charge in [0, 0.05) is 31.0 Å². The minimum Gasteiger partial charge on any atom is -0.381 e. The van der Waals surface area contributed by atoms with E-state index in [0.717, 1.165) is 58.7 Å². The molecule has 4 fully saturated rings. The average Bonchev–Trinajstić information content (AvgIpc) is 2.85. The van der Waals surface area contributed by atoms with Crippen LogP contribution < -0.4 is 5.32 Å². The van der Waals surface area contributed by atoms with Gasteiger partial charge < -0.3 is 15.0 Å². The van der Waals surface area contributed by atoms with E-state index in [-0.39, 0.29) is 12.4 Å². The molecule has 1 aliphatic carbocycles. The third kappa shape index (κ3) is 2.26. The molecule has 4 rings (SSSR count). The van der Waals surface area contributed by atoms with Crippen LogP contribution in [0.1, 0.15) is 32.1 Å². The minimum absolute atomic E-state index is 0. The second kappa shape index (κ2) is 5.15. The van der Waals surface area contributed by atoms with Gasteiger partial charge in [0.25, 0.3) is 0 Å². The Morgan fingerprint density at radius 2 is 2.00 bits per heavy atom. The number of nitrogens with zero attached hydrogens (tertiary/aromatic N) is 1. The molecule has 0 bridgehead atoms. The molecule has 0 radical (unpaired) electrons. The SMILES string of the molecule is Cl.O=C(C1CC12CCNCC2)N1CCC2(CCOC2)C1. The molecule has 20 heavy (non-hydrogen) atoms. The molecule has 4 aliphatic rings. The number of carbonyl (C=O) groups excluding carboxylic acids is 1. The minimum atomic E-state index is 0. The molecular weight excluding hydrogens is 276 g/mol. The Balaban J connectivity index is 0.00000121. The molecule has 3 saturated heterocycles. The third-order valence-electron chi connectivity index (χ3n) is 6.02. The highest BCUT2D eigenvalue weighted by Crippen LogP contribution is 2.59. The van der Waals surface area contributed by atoms with Crippen LogP contribution in [-0.2, 0) is 9.53 Å². The van der Waals surface area contributed by atoms with Gasteiger partial charge in [-0.3, -0.25) is 4.79 Å². The van der Waals surface area contributed by atoms with Gasteiger partial charge in [-0.2, -0.15) is 0 Å². The van der Waals surface area contributed by atoms with Gasteiger partial charge in [0.05, 0.1) is 6.61 Å². The number of amides is 1. The molecule has 1 N–H and O–H groups in total. The van der Waals surface area contributed by atoms with Crippen molar-refractivity contribution in [1.29, 1.82) is 0 Å². The first-order valence-corrected chi connectivity index (χ1v) is 7.81. The lowest BCUT2D eigenvalue weighted by Gasteiger charge is -2.26.